The van der Waals surface area contributed by atoms with Gasteiger partial charge in [-0.15, -0.1) is 0 Å². The lowest BCUT2D eigenvalue weighted by Crippen LogP contribution is -2.56. The second-order valence-corrected chi connectivity index (χ2v) is 10.2. The highest BCUT2D eigenvalue weighted by Gasteiger charge is 2.49. The molecule has 2 aliphatic heterocycles. The minimum absolute atomic E-state index is 0.220. The van der Waals surface area contributed by atoms with Crippen LogP contribution in [-0.2, 0) is 9.53 Å². The van der Waals surface area contributed by atoms with Crippen molar-refractivity contribution in [3.63, 3.8) is 0 Å². The monoisotopic (exact) mass is 479 g/mol. The summed E-state index contributed by atoms with van der Waals surface area (Å²) >= 11 is 6.63. The number of benzene rings is 1. The van der Waals surface area contributed by atoms with Gasteiger partial charge in [0, 0.05) is 28.4 Å². The van der Waals surface area contributed by atoms with Crippen LogP contribution in [0.1, 0.15) is 37.7 Å². The Balaban J connectivity index is 1.30. The van der Waals surface area contributed by atoms with Gasteiger partial charge < -0.3 is 15.2 Å². The Bertz CT molecular complexity index is 1060. The van der Waals surface area contributed by atoms with E-state index in [4.69, 9.17) is 16.3 Å². The number of pyridine rings is 1. The topological polar surface area (TPSA) is 74.7 Å². The third-order valence-corrected chi connectivity index (χ3v) is 7.96. The molecule has 0 unspecified atom stereocenters. The van der Waals surface area contributed by atoms with E-state index in [1.165, 1.54) is 0 Å². The molecule has 0 radical (unpaired) electrons. The molecular formula is C24H28ClF2N3O3. The second-order valence-electron chi connectivity index (χ2n) is 9.77. The largest absolute Gasteiger partial charge is 0.389 e. The van der Waals surface area contributed by atoms with Crippen LogP contribution in [-0.4, -0.2) is 65.3 Å². The lowest BCUT2D eigenvalue weighted by Gasteiger charge is -2.43. The summed E-state index contributed by atoms with van der Waals surface area (Å²) in [5.41, 5.74) is 0.711. The summed E-state index contributed by atoms with van der Waals surface area (Å²) < 4.78 is 31.0. The number of amides is 1. The summed E-state index contributed by atoms with van der Waals surface area (Å²) in [6.07, 6.45) is 0.748. The van der Waals surface area contributed by atoms with Crippen LogP contribution in [0.25, 0.3) is 10.8 Å². The zero-order valence-corrected chi connectivity index (χ0v) is 19.2. The van der Waals surface area contributed by atoms with Crippen LogP contribution in [0, 0.1) is 11.8 Å². The first-order valence-corrected chi connectivity index (χ1v) is 11.8. The molecule has 178 valence electrons. The fourth-order valence-electron chi connectivity index (χ4n) is 5.23. The summed E-state index contributed by atoms with van der Waals surface area (Å²) in [6.45, 7) is 4.67. The predicted molar refractivity (Wildman–Crippen MR) is 122 cm³/mol. The van der Waals surface area contributed by atoms with E-state index in [2.05, 4.69) is 22.1 Å². The van der Waals surface area contributed by atoms with Gasteiger partial charge >= 0.3 is 0 Å². The molecule has 0 bridgehead atoms. The minimum Gasteiger partial charge on any atom is -0.389 e. The van der Waals surface area contributed by atoms with Gasteiger partial charge in [0.2, 0.25) is 12.3 Å². The molecule has 1 saturated carbocycles. The number of fused-ring (bicyclic) bond motifs is 1. The van der Waals surface area contributed by atoms with Crippen LogP contribution in [0.15, 0.2) is 24.4 Å². The molecule has 3 fully saturated rings. The van der Waals surface area contributed by atoms with Crippen LogP contribution in [0.5, 0.6) is 0 Å². The number of halogens is 3. The van der Waals surface area contributed by atoms with Crippen molar-refractivity contribution in [2.24, 2.45) is 11.8 Å². The van der Waals surface area contributed by atoms with Gasteiger partial charge in [0.15, 0.2) is 0 Å². The number of carbonyl (C=O) groups is 1. The number of piperidine rings is 1. The molecule has 4 atom stereocenters. The van der Waals surface area contributed by atoms with Gasteiger partial charge in [0.05, 0.1) is 24.9 Å². The number of alkyl halides is 2. The number of aliphatic hydroxyl groups excluding tert-OH is 1. The molecule has 3 aliphatic rings. The Morgan fingerprint density at radius 1 is 1.30 bits per heavy atom. The van der Waals surface area contributed by atoms with Crippen molar-refractivity contribution < 1.29 is 23.4 Å². The maximum Gasteiger partial charge on any atom is 0.242 e. The standard InChI is InChI=1S/C24H28ClF2N3O3/c1-24(12-33-11-20(24)31)30-4-2-13(3-5-30)16-6-14-8-21(28-10-15(14)7-19(16)25)29-23(32)18-9-17(18)22(26)27/h6-8,10,13,17-18,20,22,31H,2-5,9,11-12H2,1H3,(H,28,29,32)/t17-,18-,20+,24-/m0/s1. The number of anilines is 1. The number of aromatic nitrogens is 1. The molecule has 6 nitrogen and oxygen atoms in total. The zero-order chi connectivity index (χ0) is 23.3. The second kappa shape index (κ2) is 8.73. The highest BCUT2D eigenvalue weighted by molar-refractivity contribution is 6.32. The van der Waals surface area contributed by atoms with Crippen LogP contribution >= 0.6 is 11.6 Å². The van der Waals surface area contributed by atoms with Crippen LogP contribution < -0.4 is 5.32 Å². The van der Waals surface area contributed by atoms with Gasteiger partial charge in [-0.25, -0.2) is 13.8 Å². The van der Waals surface area contributed by atoms with Crippen molar-refractivity contribution in [2.75, 3.05) is 31.6 Å². The number of hydrogen-bond donors (Lipinski definition) is 2. The normalized spacial score (nSPS) is 30.8. The average Bonchev–Trinajstić information content (AvgIpc) is 3.54. The summed E-state index contributed by atoms with van der Waals surface area (Å²) in [5, 5.41) is 15.5. The number of nitrogens with one attached hydrogen (secondary N) is 1. The van der Waals surface area contributed by atoms with Crippen molar-refractivity contribution in [2.45, 2.75) is 50.2 Å². The average molecular weight is 480 g/mol. The lowest BCUT2D eigenvalue weighted by molar-refractivity contribution is -0.118. The van der Waals surface area contributed by atoms with Gasteiger partial charge in [0.1, 0.15) is 5.82 Å². The number of likely N-dealkylation sites (tertiary alicyclic amines) is 1. The number of ether oxygens (including phenoxy) is 1. The minimum atomic E-state index is -2.46. The number of aliphatic hydroxyl groups is 1. The van der Waals surface area contributed by atoms with Gasteiger partial charge in [-0.1, -0.05) is 11.6 Å². The van der Waals surface area contributed by atoms with E-state index in [0.29, 0.717) is 24.1 Å². The number of carbonyl (C=O) groups excluding carboxylic acids is 1. The van der Waals surface area contributed by atoms with Gasteiger partial charge in [-0.2, -0.15) is 0 Å². The third-order valence-electron chi connectivity index (χ3n) is 7.63. The van der Waals surface area contributed by atoms with E-state index in [-0.39, 0.29) is 17.9 Å². The Hall–Kier alpha value is -1.87. The summed E-state index contributed by atoms with van der Waals surface area (Å²) in [6, 6.07) is 5.71. The highest BCUT2D eigenvalue weighted by atomic mass is 35.5. The molecule has 2 saturated heterocycles. The third kappa shape index (κ3) is 4.34. The van der Waals surface area contributed by atoms with Crippen LogP contribution in [0.2, 0.25) is 5.02 Å². The molecular weight excluding hydrogens is 452 g/mol. The van der Waals surface area contributed by atoms with Crippen molar-refractivity contribution in [1.82, 2.24) is 9.88 Å². The molecule has 33 heavy (non-hydrogen) atoms. The molecule has 3 heterocycles. The first-order chi connectivity index (χ1) is 15.8. The van der Waals surface area contributed by atoms with E-state index < -0.39 is 30.3 Å². The van der Waals surface area contributed by atoms with E-state index in [1.54, 1.807) is 12.3 Å². The summed E-state index contributed by atoms with van der Waals surface area (Å²) in [7, 11) is 0. The predicted octanol–water partition coefficient (Wildman–Crippen LogP) is 4.06. The molecule has 5 rings (SSSR count). The van der Waals surface area contributed by atoms with Gasteiger partial charge in [-0.3, -0.25) is 9.69 Å². The zero-order valence-electron chi connectivity index (χ0n) is 18.4. The molecule has 1 aromatic heterocycles. The maximum atomic E-state index is 12.8. The molecule has 2 N–H and O–H groups in total. The Kier molecular flexibility index (Phi) is 6.05. The van der Waals surface area contributed by atoms with E-state index in [0.717, 1.165) is 42.3 Å². The Morgan fingerprint density at radius 3 is 2.70 bits per heavy atom. The lowest BCUT2D eigenvalue weighted by atomic mass is 9.85. The first kappa shape index (κ1) is 22.9. The van der Waals surface area contributed by atoms with Crippen molar-refractivity contribution in [3.8, 4) is 0 Å². The van der Waals surface area contributed by atoms with Crippen LogP contribution in [0.3, 0.4) is 0 Å². The van der Waals surface area contributed by atoms with E-state index in [9.17, 15) is 18.7 Å². The van der Waals surface area contributed by atoms with Crippen molar-refractivity contribution in [3.05, 3.63) is 35.0 Å². The van der Waals surface area contributed by atoms with E-state index >= 15 is 0 Å². The Morgan fingerprint density at radius 2 is 2.06 bits per heavy atom. The number of rotatable bonds is 5. The quantitative estimate of drug-likeness (QED) is 0.676. The van der Waals surface area contributed by atoms with Crippen LogP contribution in [0.4, 0.5) is 14.6 Å². The number of nitrogens with zero attached hydrogens (tertiary/aromatic N) is 2. The van der Waals surface area contributed by atoms with Crippen molar-refractivity contribution >= 4 is 34.1 Å². The molecule has 1 amide bonds. The molecule has 1 aromatic carbocycles. The molecule has 9 heteroatoms. The fourth-order valence-corrected chi connectivity index (χ4v) is 5.56. The molecule has 1 aliphatic carbocycles. The van der Waals surface area contributed by atoms with E-state index in [1.807, 2.05) is 12.1 Å². The number of hydrogen-bond acceptors (Lipinski definition) is 5. The summed E-state index contributed by atoms with van der Waals surface area (Å²) in [5.74, 6) is -1.25. The maximum absolute atomic E-state index is 12.8. The highest BCUT2D eigenvalue weighted by Crippen LogP contribution is 2.44. The van der Waals surface area contributed by atoms with Gasteiger partial charge in [-0.05, 0) is 74.3 Å². The van der Waals surface area contributed by atoms with Crippen molar-refractivity contribution in [1.29, 1.82) is 0 Å². The first-order valence-electron chi connectivity index (χ1n) is 11.5. The Labute approximate surface area is 196 Å². The summed E-state index contributed by atoms with van der Waals surface area (Å²) in [4.78, 5) is 18.8. The smallest absolute Gasteiger partial charge is 0.242 e. The molecule has 0 spiro atoms. The fraction of sp³-hybridized carbons (Fsp3) is 0.583. The SMILES string of the molecule is C[C@]1(N2CCC(c3cc4cc(NC(=O)[C@H]5C[C@@H]5C(F)F)ncc4cc3Cl)CC2)COC[C@H]1O. The molecule has 2 aromatic rings. The van der Waals surface area contributed by atoms with Gasteiger partial charge in [0.25, 0.3) is 0 Å².